The Kier molecular flexibility index (Phi) is 4.71. The molecule has 3 nitrogen and oxygen atoms in total. The molecule has 0 aliphatic heterocycles. The Labute approximate surface area is 106 Å². The Morgan fingerprint density at radius 3 is 2.81 bits per heavy atom. The Morgan fingerprint density at radius 1 is 1.69 bits per heavy atom. The van der Waals surface area contributed by atoms with Crippen LogP contribution in [0.15, 0.2) is 20.8 Å². The van der Waals surface area contributed by atoms with Gasteiger partial charge in [0.05, 0.1) is 9.89 Å². The Bertz CT molecular complexity index is 457. The molecule has 0 saturated carbocycles. The Hall–Kier alpha value is -1.12. The molecular formula is C11H10BrNO2S. The van der Waals surface area contributed by atoms with Crippen molar-refractivity contribution >= 4 is 39.3 Å². The van der Waals surface area contributed by atoms with Crippen LogP contribution in [-0.4, -0.2) is 12.1 Å². The van der Waals surface area contributed by atoms with Gasteiger partial charge < -0.3 is 4.74 Å². The van der Waals surface area contributed by atoms with Crippen LogP contribution >= 0.6 is 27.3 Å². The number of nitrogens with zero attached hydrogens (tertiary/aromatic N) is 1. The number of rotatable bonds is 3. The molecule has 1 aromatic heterocycles. The van der Waals surface area contributed by atoms with E-state index in [0.717, 1.165) is 9.35 Å². The molecule has 0 N–H and O–H groups in total. The fourth-order valence-electron chi connectivity index (χ4n) is 0.975. The van der Waals surface area contributed by atoms with E-state index in [-0.39, 0.29) is 11.7 Å². The van der Waals surface area contributed by atoms with Crippen LogP contribution in [0.3, 0.4) is 0 Å². The van der Waals surface area contributed by atoms with Crippen LogP contribution in [0.2, 0.25) is 0 Å². The molecule has 16 heavy (non-hydrogen) atoms. The SMILES string of the molecule is CC(C)OC(=O)/C(C#N)=C\c1ccsc1Br. The zero-order valence-corrected chi connectivity index (χ0v) is 11.3. The first-order valence-corrected chi connectivity index (χ1v) is 6.27. The number of halogens is 1. The minimum Gasteiger partial charge on any atom is -0.459 e. The van der Waals surface area contributed by atoms with Crippen LogP contribution < -0.4 is 0 Å². The van der Waals surface area contributed by atoms with Gasteiger partial charge in [0.15, 0.2) is 0 Å². The van der Waals surface area contributed by atoms with Crippen LogP contribution in [-0.2, 0) is 9.53 Å². The molecule has 0 radical (unpaired) electrons. The van der Waals surface area contributed by atoms with Gasteiger partial charge in [0, 0.05) is 5.56 Å². The number of ether oxygens (including phenoxy) is 1. The first-order valence-electron chi connectivity index (χ1n) is 4.60. The summed E-state index contributed by atoms with van der Waals surface area (Å²) in [5.74, 6) is -0.587. The summed E-state index contributed by atoms with van der Waals surface area (Å²) in [5.41, 5.74) is 0.815. The summed E-state index contributed by atoms with van der Waals surface area (Å²) in [5, 5.41) is 10.7. The van der Waals surface area contributed by atoms with E-state index in [2.05, 4.69) is 15.9 Å². The highest BCUT2D eigenvalue weighted by atomic mass is 79.9. The van der Waals surface area contributed by atoms with Crippen LogP contribution in [0, 0.1) is 11.3 Å². The van der Waals surface area contributed by atoms with E-state index < -0.39 is 5.97 Å². The number of nitriles is 1. The molecule has 0 amide bonds. The van der Waals surface area contributed by atoms with Crippen molar-refractivity contribution in [2.75, 3.05) is 0 Å². The van der Waals surface area contributed by atoms with Crippen molar-refractivity contribution in [3.63, 3.8) is 0 Å². The summed E-state index contributed by atoms with van der Waals surface area (Å²) in [6.07, 6.45) is 1.29. The number of thiophene rings is 1. The second-order valence-electron chi connectivity index (χ2n) is 3.27. The fourth-order valence-corrected chi connectivity index (χ4v) is 2.14. The van der Waals surface area contributed by atoms with Crippen LogP contribution in [0.25, 0.3) is 6.08 Å². The molecule has 0 unspecified atom stereocenters. The quantitative estimate of drug-likeness (QED) is 0.488. The van der Waals surface area contributed by atoms with E-state index in [9.17, 15) is 4.79 Å². The number of hydrogen-bond acceptors (Lipinski definition) is 4. The monoisotopic (exact) mass is 299 g/mol. The van der Waals surface area contributed by atoms with Crippen molar-refractivity contribution in [1.82, 2.24) is 0 Å². The van der Waals surface area contributed by atoms with E-state index in [4.69, 9.17) is 10.00 Å². The van der Waals surface area contributed by atoms with E-state index in [1.165, 1.54) is 17.4 Å². The number of carbonyl (C=O) groups is 1. The molecule has 5 heteroatoms. The highest BCUT2D eigenvalue weighted by molar-refractivity contribution is 9.11. The molecule has 1 rings (SSSR count). The molecule has 0 spiro atoms. The molecule has 0 fully saturated rings. The number of esters is 1. The first-order chi connectivity index (χ1) is 7.54. The maximum absolute atomic E-state index is 11.5. The van der Waals surface area contributed by atoms with Gasteiger partial charge in [0.2, 0.25) is 0 Å². The summed E-state index contributed by atoms with van der Waals surface area (Å²) < 4.78 is 5.84. The summed E-state index contributed by atoms with van der Waals surface area (Å²) in [6, 6.07) is 3.67. The largest absolute Gasteiger partial charge is 0.459 e. The van der Waals surface area contributed by atoms with Crippen molar-refractivity contribution < 1.29 is 9.53 Å². The van der Waals surface area contributed by atoms with Gasteiger partial charge in [-0.3, -0.25) is 0 Å². The molecule has 0 saturated heterocycles. The van der Waals surface area contributed by atoms with E-state index >= 15 is 0 Å². The van der Waals surface area contributed by atoms with Gasteiger partial charge in [-0.15, -0.1) is 11.3 Å². The number of hydrogen-bond donors (Lipinski definition) is 0. The summed E-state index contributed by atoms with van der Waals surface area (Å²) in [4.78, 5) is 11.5. The molecule has 0 aliphatic carbocycles. The third-order valence-electron chi connectivity index (χ3n) is 1.63. The minimum absolute atomic E-state index is 0.00722. The van der Waals surface area contributed by atoms with Gasteiger partial charge in [0.25, 0.3) is 0 Å². The smallest absolute Gasteiger partial charge is 0.349 e. The third-order valence-corrected chi connectivity index (χ3v) is 3.36. The van der Waals surface area contributed by atoms with E-state index in [1.807, 2.05) is 17.5 Å². The third kappa shape index (κ3) is 3.47. The average molecular weight is 300 g/mol. The van der Waals surface area contributed by atoms with Gasteiger partial charge in [-0.25, -0.2) is 4.79 Å². The van der Waals surface area contributed by atoms with Crippen molar-refractivity contribution in [3.8, 4) is 6.07 Å². The van der Waals surface area contributed by atoms with Crippen LogP contribution in [0.1, 0.15) is 19.4 Å². The summed E-state index contributed by atoms with van der Waals surface area (Å²) in [7, 11) is 0. The lowest BCUT2D eigenvalue weighted by Crippen LogP contribution is -2.12. The van der Waals surface area contributed by atoms with Gasteiger partial charge in [0.1, 0.15) is 11.6 Å². The molecule has 84 valence electrons. The molecule has 0 aromatic carbocycles. The van der Waals surface area contributed by atoms with Gasteiger partial charge >= 0.3 is 5.97 Å². The number of carbonyl (C=O) groups excluding carboxylic acids is 1. The van der Waals surface area contributed by atoms with Crippen LogP contribution in [0.5, 0.6) is 0 Å². The van der Waals surface area contributed by atoms with Gasteiger partial charge in [-0.1, -0.05) is 0 Å². The van der Waals surface area contributed by atoms with Crippen molar-refractivity contribution in [2.45, 2.75) is 20.0 Å². The molecular weight excluding hydrogens is 290 g/mol. The molecule has 1 aromatic rings. The first kappa shape index (κ1) is 12.9. The lowest BCUT2D eigenvalue weighted by Gasteiger charge is -2.06. The molecule has 0 atom stereocenters. The van der Waals surface area contributed by atoms with Gasteiger partial charge in [-0.2, -0.15) is 5.26 Å². The van der Waals surface area contributed by atoms with Gasteiger partial charge in [-0.05, 0) is 47.3 Å². The average Bonchev–Trinajstić information content (AvgIpc) is 2.59. The van der Waals surface area contributed by atoms with Crippen LogP contribution in [0.4, 0.5) is 0 Å². The maximum atomic E-state index is 11.5. The predicted octanol–water partition coefficient (Wildman–Crippen LogP) is 3.37. The molecule has 0 aliphatic rings. The lowest BCUT2D eigenvalue weighted by atomic mass is 10.2. The highest BCUT2D eigenvalue weighted by Gasteiger charge is 2.13. The minimum atomic E-state index is -0.587. The van der Waals surface area contributed by atoms with Crippen molar-refractivity contribution in [1.29, 1.82) is 5.26 Å². The summed E-state index contributed by atoms with van der Waals surface area (Å²) in [6.45, 7) is 3.49. The normalized spacial score (nSPS) is 11.3. The molecule has 1 heterocycles. The van der Waals surface area contributed by atoms with Crippen molar-refractivity contribution in [2.24, 2.45) is 0 Å². The predicted molar refractivity (Wildman–Crippen MR) is 66.8 cm³/mol. The lowest BCUT2D eigenvalue weighted by molar-refractivity contribution is -0.142. The molecule has 0 bridgehead atoms. The zero-order chi connectivity index (χ0) is 12.1. The fraction of sp³-hybridized carbons (Fsp3) is 0.273. The summed E-state index contributed by atoms with van der Waals surface area (Å²) >= 11 is 4.83. The van der Waals surface area contributed by atoms with E-state index in [1.54, 1.807) is 13.8 Å². The second-order valence-corrected chi connectivity index (χ2v) is 5.51. The zero-order valence-electron chi connectivity index (χ0n) is 8.86. The van der Waals surface area contributed by atoms with E-state index in [0.29, 0.717) is 0 Å². The Balaban J connectivity index is 2.92. The Morgan fingerprint density at radius 2 is 2.38 bits per heavy atom. The maximum Gasteiger partial charge on any atom is 0.349 e. The topological polar surface area (TPSA) is 50.1 Å². The second kappa shape index (κ2) is 5.83. The highest BCUT2D eigenvalue weighted by Crippen LogP contribution is 2.25. The standard InChI is InChI=1S/C11H10BrNO2S/c1-7(2)15-11(14)9(6-13)5-8-3-4-16-10(8)12/h3-5,7H,1-2H3/b9-5-. The van der Waals surface area contributed by atoms with Crippen molar-refractivity contribution in [3.05, 3.63) is 26.4 Å².